The Kier molecular flexibility index (Phi) is 14.0. The third-order valence-corrected chi connectivity index (χ3v) is 9.47. The molecule has 0 unspecified atom stereocenters. The Morgan fingerprint density at radius 2 is 1.56 bits per heavy atom. The van der Waals surface area contributed by atoms with Crippen LogP contribution in [0.2, 0.25) is 0 Å². The number of nitrogens with one attached hydrogen (secondary N) is 2. The quantitative estimate of drug-likeness (QED) is 0.0629. The van der Waals surface area contributed by atoms with E-state index >= 15 is 0 Å². The first-order chi connectivity index (χ1) is 27.9. The van der Waals surface area contributed by atoms with Gasteiger partial charge in [-0.15, -0.1) is 0 Å². The number of ether oxygens (including phenoxy) is 3. The highest BCUT2D eigenvalue weighted by molar-refractivity contribution is 6.04. The van der Waals surface area contributed by atoms with Gasteiger partial charge in [0.1, 0.15) is 28.3 Å². The topological polar surface area (TPSA) is 257 Å². The van der Waals surface area contributed by atoms with Crippen LogP contribution in [0.5, 0.6) is 11.5 Å². The summed E-state index contributed by atoms with van der Waals surface area (Å²) < 4.78 is 20.9. The fourth-order valence-electron chi connectivity index (χ4n) is 6.56. The molecular formula is C39H53N11O9. The number of nitro benzene ring substituents is 1. The minimum Gasteiger partial charge on any atom is -0.491 e. The molecular weight excluding hydrogens is 766 g/mol. The van der Waals surface area contributed by atoms with Crippen molar-refractivity contribution in [2.45, 2.75) is 66.0 Å². The third kappa shape index (κ3) is 11.2. The second-order valence-electron chi connectivity index (χ2n) is 15.1. The molecule has 59 heavy (non-hydrogen) atoms. The molecule has 6 N–H and O–H groups in total. The number of nitro groups is 1. The number of hydrogen-bond acceptors (Lipinski definition) is 13. The van der Waals surface area contributed by atoms with Crippen LogP contribution in [0.15, 0.2) is 30.3 Å². The third-order valence-electron chi connectivity index (χ3n) is 9.47. The van der Waals surface area contributed by atoms with Gasteiger partial charge in [0, 0.05) is 70.1 Å². The molecule has 4 amide bonds. The number of unbranched alkanes of at least 4 members (excludes halogenated alkanes) is 1. The molecule has 1 fully saturated rings. The van der Waals surface area contributed by atoms with Crippen molar-refractivity contribution in [2.75, 3.05) is 63.1 Å². The van der Waals surface area contributed by atoms with E-state index in [9.17, 15) is 29.3 Å². The molecule has 3 heterocycles. The van der Waals surface area contributed by atoms with Gasteiger partial charge < -0.3 is 40.5 Å². The van der Waals surface area contributed by atoms with Gasteiger partial charge in [0.05, 0.1) is 29.3 Å². The zero-order valence-corrected chi connectivity index (χ0v) is 34.3. The largest absolute Gasteiger partial charge is 0.491 e. The van der Waals surface area contributed by atoms with Gasteiger partial charge in [-0.1, -0.05) is 0 Å². The SMILES string of the molecule is CCn1nc(C)cc1C(=O)Nc1nc2cc(C(N)=O)cc(OCCCCNc3c(OCCCN4CCN(C(=O)OC(C)(C)C)CC4)cc(C(N)=O)cc3[N+](=O)[O-])c2n1C. The molecule has 0 spiro atoms. The first-order valence-electron chi connectivity index (χ1n) is 19.4. The van der Waals surface area contributed by atoms with E-state index in [1.807, 2.05) is 27.7 Å². The maximum Gasteiger partial charge on any atom is 0.410 e. The van der Waals surface area contributed by atoms with Gasteiger partial charge in [0.25, 0.3) is 11.6 Å². The lowest BCUT2D eigenvalue weighted by atomic mass is 10.1. The van der Waals surface area contributed by atoms with E-state index in [1.165, 1.54) is 18.2 Å². The van der Waals surface area contributed by atoms with Gasteiger partial charge in [-0.2, -0.15) is 5.10 Å². The number of hydrogen-bond donors (Lipinski definition) is 4. The normalized spacial score (nSPS) is 13.3. The van der Waals surface area contributed by atoms with Crippen LogP contribution >= 0.6 is 0 Å². The van der Waals surface area contributed by atoms with Crippen molar-refractivity contribution in [2.24, 2.45) is 18.5 Å². The number of fused-ring (bicyclic) bond motifs is 1. The summed E-state index contributed by atoms with van der Waals surface area (Å²) in [6.45, 7) is 13.4. The van der Waals surface area contributed by atoms with Crippen LogP contribution in [-0.4, -0.2) is 116 Å². The fourth-order valence-corrected chi connectivity index (χ4v) is 6.56. The molecule has 318 valence electrons. The highest BCUT2D eigenvalue weighted by atomic mass is 16.6. The maximum atomic E-state index is 13.2. The number of amides is 4. The Hall–Kier alpha value is -6.44. The number of primary amides is 2. The molecule has 2 aromatic carbocycles. The summed E-state index contributed by atoms with van der Waals surface area (Å²) in [7, 11) is 1.71. The summed E-state index contributed by atoms with van der Waals surface area (Å²) >= 11 is 0. The van der Waals surface area contributed by atoms with Crippen LogP contribution < -0.4 is 31.6 Å². The molecule has 1 saturated heterocycles. The Morgan fingerprint density at radius 3 is 2.20 bits per heavy atom. The Bertz CT molecular complexity index is 2200. The van der Waals surface area contributed by atoms with E-state index in [-0.39, 0.29) is 60.1 Å². The first-order valence-corrected chi connectivity index (χ1v) is 19.4. The van der Waals surface area contributed by atoms with Gasteiger partial charge >= 0.3 is 6.09 Å². The number of benzene rings is 2. The first kappa shape index (κ1) is 43.7. The van der Waals surface area contributed by atoms with E-state index < -0.39 is 28.2 Å². The highest BCUT2D eigenvalue weighted by Gasteiger charge is 2.27. The number of aromatic nitrogens is 4. The van der Waals surface area contributed by atoms with Crippen LogP contribution in [0, 0.1) is 17.0 Å². The fraction of sp³-hybridized carbons (Fsp3) is 0.487. The molecule has 0 radical (unpaired) electrons. The molecule has 0 aliphatic carbocycles. The van der Waals surface area contributed by atoms with Gasteiger partial charge in [0.15, 0.2) is 5.69 Å². The summed E-state index contributed by atoms with van der Waals surface area (Å²) in [5.74, 6) is -1.24. The zero-order valence-electron chi connectivity index (χ0n) is 34.3. The van der Waals surface area contributed by atoms with Crippen molar-refractivity contribution >= 4 is 52.2 Å². The lowest BCUT2D eigenvalue weighted by molar-refractivity contribution is -0.384. The van der Waals surface area contributed by atoms with Gasteiger partial charge in [-0.3, -0.25) is 39.4 Å². The molecule has 0 atom stereocenters. The summed E-state index contributed by atoms with van der Waals surface area (Å²) in [5.41, 5.74) is 12.4. The van der Waals surface area contributed by atoms with E-state index in [1.54, 1.807) is 34.2 Å². The molecule has 4 aromatic rings. The molecule has 20 heteroatoms. The number of carbonyl (C=O) groups is 4. The van der Waals surface area contributed by atoms with Crippen LogP contribution in [0.1, 0.15) is 83.9 Å². The Morgan fingerprint density at radius 1 is 0.915 bits per heavy atom. The van der Waals surface area contributed by atoms with Crippen molar-refractivity contribution in [1.29, 1.82) is 0 Å². The number of carbonyl (C=O) groups excluding carboxylic acids is 4. The standard InChI is InChI=1S/C39H53N11O9/c1-7-49-29(19-24(2)45-49)36(53)44-37-43-27-20-25(34(40)51)23-31(33(27)46(37)6)58-17-9-8-11-42-32-28(50(55)56)21-26(35(41)52)22-30(32)57-18-10-12-47-13-15-48(16-14-47)38(54)59-39(3,4)5/h19-23,42H,7-18H2,1-6H3,(H2,40,51)(H2,41,52)(H,43,44,53). The predicted octanol–water partition coefficient (Wildman–Crippen LogP) is 4.05. The van der Waals surface area contributed by atoms with Crippen LogP contribution in [0.4, 0.5) is 22.1 Å². The lowest BCUT2D eigenvalue weighted by Gasteiger charge is -2.35. The number of aryl methyl sites for hydroxylation is 3. The smallest absolute Gasteiger partial charge is 0.410 e. The molecule has 5 rings (SSSR count). The van der Waals surface area contributed by atoms with Gasteiger partial charge in [0.2, 0.25) is 17.8 Å². The van der Waals surface area contributed by atoms with E-state index in [4.69, 9.17) is 25.7 Å². The van der Waals surface area contributed by atoms with Gasteiger partial charge in [-0.05, 0) is 78.1 Å². The van der Waals surface area contributed by atoms with E-state index in [2.05, 4.69) is 25.6 Å². The molecule has 1 aliphatic rings. The van der Waals surface area contributed by atoms with E-state index in [0.717, 1.165) is 6.07 Å². The second kappa shape index (κ2) is 18.9. The zero-order chi connectivity index (χ0) is 43.0. The minimum atomic E-state index is -0.832. The number of imidazole rings is 1. The van der Waals surface area contributed by atoms with Crippen LogP contribution in [-0.2, 0) is 18.3 Å². The van der Waals surface area contributed by atoms with Gasteiger partial charge in [-0.25, -0.2) is 9.78 Å². The summed E-state index contributed by atoms with van der Waals surface area (Å²) in [5, 5.41) is 22.4. The summed E-state index contributed by atoms with van der Waals surface area (Å²) in [6, 6.07) is 7.23. The summed E-state index contributed by atoms with van der Waals surface area (Å²) in [4.78, 5) is 69.8. The molecule has 0 bridgehead atoms. The summed E-state index contributed by atoms with van der Waals surface area (Å²) in [6.07, 6.45) is 1.23. The maximum absolute atomic E-state index is 13.2. The molecule has 20 nitrogen and oxygen atoms in total. The number of rotatable bonds is 18. The molecule has 0 saturated carbocycles. The Labute approximate surface area is 341 Å². The van der Waals surface area contributed by atoms with Crippen molar-refractivity contribution in [3.8, 4) is 11.5 Å². The second-order valence-corrected chi connectivity index (χ2v) is 15.1. The number of piperazine rings is 1. The van der Waals surface area contributed by atoms with Crippen molar-refractivity contribution in [3.63, 3.8) is 0 Å². The highest BCUT2D eigenvalue weighted by Crippen LogP contribution is 2.36. The van der Waals surface area contributed by atoms with Crippen molar-refractivity contribution in [3.05, 3.63) is 63.0 Å². The Balaban J connectivity index is 1.19. The van der Waals surface area contributed by atoms with E-state index in [0.29, 0.717) is 86.7 Å². The number of anilines is 2. The van der Waals surface area contributed by atoms with Crippen molar-refractivity contribution < 1.29 is 38.3 Å². The van der Waals surface area contributed by atoms with Crippen LogP contribution in [0.25, 0.3) is 11.0 Å². The lowest BCUT2D eigenvalue weighted by Crippen LogP contribution is -2.50. The minimum absolute atomic E-state index is 0.0611. The number of nitrogens with zero attached hydrogens (tertiary/aromatic N) is 7. The molecule has 2 aromatic heterocycles. The predicted molar refractivity (Wildman–Crippen MR) is 219 cm³/mol. The number of nitrogens with two attached hydrogens (primary N) is 2. The average molecular weight is 820 g/mol. The molecule has 1 aliphatic heterocycles. The van der Waals surface area contributed by atoms with Crippen LogP contribution in [0.3, 0.4) is 0 Å². The average Bonchev–Trinajstić information content (AvgIpc) is 3.72. The van der Waals surface area contributed by atoms with Crippen molar-refractivity contribution in [1.82, 2.24) is 29.1 Å². The monoisotopic (exact) mass is 819 g/mol.